The molecule has 0 radical (unpaired) electrons. The van der Waals surface area contributed by atoms with Gasteiger partial charge in [-0.05, 0) is 55.2 Å². The maximum Gasteiger partial charge on any atom is 0.325 e. The first-order chi connectivity index (χ1) is 11.7. The highest BCUT2D eigenvalue weighted by molar-refractivity contribution is 5.75. The van der Waals surface area contributed by atoms with E-state index in [2.05, 4.69) is 35.6 Å². The zero-order valence-electron chi connectivity index (χ0n) is 13.9. The molecule has 1 aliphatic rings. The minimum atomic E-state index is -0.806. The van der Waals surface area contributed by atoms with Crippen LogP contribution in [0.1, 0.15) is 48.8 Å². The number of nitrogens with one attached hydrogen (secondary N) is 1. The lowest BCUT2D eigenvalue weighted by molar-refractivity contribution is -0.139. The molecule has 24 heavy (non-hydrogen) atoms. The highest BCUT2D eigenvalue weighted by Crippen LogP contribution is 2.35. The summed E-state index contributed by atoms with van der Waals surface area (Å²) in [5, 5.41) is 12.7. The van der Waals surface area contributed by atoms with Gasteiger partial charge in [-0.1, -0.05) is 60.7 Å². The molecule has 3 heteroatoms. The van der Waals surface area contributed by atoms with Crippen molar-refractivity contribution in [3.8, 4) is 0 Å². The van der Waals surface area contributed by atoms with Crippen LogP contribution in [0.2, 0.25) is 0 Å². The minimum absolute atomic E-state index is 0.565. The molecular weight excluding hydrogens is 298 g/mol. The summed E-state index contributed by atoms with van der Waals surface area (Å²) in [4.78, 5) is 11.5. The lowest BCUT2D eigenvalue weighted by Gasteiger charge is -2.30. The SMILES string of the molecule is O=C(O)[C@H](NCC1CCC(c2ccccc2)CC1)c1ccccc1. The van der Waals surface area contributed by atoms with E-state index in [0.29, 0.717) is 11.8 Å². The molecule has 0 aromatic heterocycles. The second kappa shape index (κ2) is 8.11. The molecule has 3 nitrogen and oxygen atoms in total. The molecule has 1 aliphatic carbocycles. The summed E-state index contributed by atoms with van der Waals surface area (Å²) in [6, 6.07) is 19.5. The van der Waals surface area contributed by atoms with Gasteiger partial charge in [-0.25, -0.2) is 0 Å². The number of rotatable bonds is 6. The first-order valence-electron chi connectivity index (χ1n) is 8.80. The normalized spacial score (nSPS) is 22.0. The fourth-order valence-electron chi connectivity index (χ4n) is 3.70. The molecule has 0 amide bonds. The van der Waals surface area contributed by atoms with E-state index in [1.54, 1.807) is 0 Å². The van der Waals surface area contributed by atoms with Crippen LogP contribution in [0.4, 0.5) is 0 Å². The fraction of sp³-hybridized carbons (Fsp3) is 0.381. The summed E-state index contributed by atoms with van der Waals surface area (Å²) in [6.45, 7) is 0.771. The van der Waals surface area contributed by atoms with Gasteiger partial charge in [0.1, 0.15) is 6.04 Å². The molecule has 1 atom stereocenters. The Morgan fingerprint density at radius 2 is 1.54 bits per heavy atom. The Morgan fingerprint density at radius 1 is 0.958 bits per heavy atom. The highest BCUT2D eigenvalue weighted by Gasteiger charge is 2.25. The van der Waals surface area contributed by atoms with E-state index < -0.39 is 12.0 Å². The Hall–Kier alpha value is -2.13. The van der Waals surface area contributed by atoms with Crippen molar-refractivity contribution in [1.82, 2.24) is 5.32 Å². The number of carboxylic acid groups (broad SMARTS) is 1. The molecule has 0 saturated heterocycles. The van der Waals surface area contributed by atoms with Gasteiger partial charge in [-0.15, -0.1) is 0 Å². The van der Waals surface area contributed by atoms with Crippen molar-refractivity contribution in [3.63, 3.8) is 0 Å². The van der Waals surface area contributed by atoms with Crippen molar-refractivity contribution in [3.05, 3.63) is 71.8 Å². The number of benzene rings is 2. The first kappa shape index (κ1) is 16.7. The van der Waals surface area contributed by atoms with E-state index in [4.69, 9.17) is 0 Å². The van der Waals surface area contributed by atoms with Crippen LogP contribution < -0.4 is 5.32 Å². The van der Waals surface area contributed by atoms with Crippen LogP contribution in [0.15, 0.2) is 60.7 Å². The monoisotopic (exact) mass is 323 g/mol. The van der Waals surface area contributed by atoms with Crippen LogP contribution in [0.25, 0.3) is 0 Å². The van der Waals surface area contributed by atoms with Crippen molar-refractivity contribution < 1.29 is 9.90 Å². The third-order valence-electron chi connectivity index (χ3n) is 5.11. The summed E-state index contributed by atoms with van der Waals surface area (Å²) >= 11 is 0. The van der Waals surface area contributed by atoms with Gasteiger partial charge in [0, 0.05) is 0 Å². The summed E-state index contributed by atoms with van der Waals surface area (Å²) in [7, 11) is 0. The predicted octanol–water partition coefficient (Wildman–Crippen LogP) is 4.38. The molecule has 1 fully saturated rings. The van der Waals surface area contributed by atoms with E-state index in [-0.39, 0.29) is 0 Å². The molecule has 2 N–H and O–H groups in total. The molecule has 3 rings (SSSR count). The van der Waals surface area contributed by atoms with E-state index in [1.807, 2.05) is 30.3 Å². The maximum atomic E-state index is 11.5. The lowest BCUT2D eigenvalue weighted by Crippen LogP contribution is -2.33. The molecular formula is C21H25NO2. The van der Waals surface area contributed by atoms with Gasteiger partial charge in [0.15, 0.2) is 0 Å². The maximum absolute atomic E-state index is 11.5. The molecule has 0 unspecified atom stereocenters. The first-order valence-corrected chi connectivity index (χ1v) is 8.80. The van der Waals surface area contributed by atoms with Gasteiger partial charge in [-0.2, -0.15) is 0 Å². The quantitative estimate of drug-likeness (QED) is 0.829. The largest absolute Gasteiger partial charge is 0.480 e. The van der Waals surface area contributed by atoms with Crippen LogP contribution in [0, 0.1) is 5.92 Å². The summed E-state index contributed by atoms with van der Waals surface area (Å²) in [6.07, 6.45) is 4.71. The molecule has 2 aromatic rings. The smallest absolute Gasteiger partial charge is 0.325 e. The Labute approximate surface area is 143 Å². The zero-order chi connectivity index (χ0) is 16.8. The Morgan fingerprint density at radius 3 is 2.12 bits per heavy atom. The van der Waals surface area contributed by atoms with E-state index >= 15 is 0 Å². The van der Waals surface area contributed by atoms with Crippen molar-refractivity contribution in [2.75, 3.05) is 6.54 Å². The van der Waals surface area contributed by atoms with Crippen molar-refractivity contribution >= 4 is 5.97 Å². The van der Waals surface area contributed by atoms with Crippen LogP contribution in [-0.4, -0.2) is 17.6 Å². The van der Waals surface area contributed by atoms with Crippen LogP contribution >= 0.6 is 0 Å². The second-order valence-corrected chi connectivity index (χ2v) is 6.72. The van der Waals surface area contributed by atoms with Gasteiger partial charge in [-0.3, -0.25) is 4.79 Å². The lowest BCUT2D eigenvalue weighted by atomic mass is 9.78. The summed E-state index contributed by atoms with van der Waals surface area (Å²) < 4.78 is 0. The molecule has 0 aliphatic heterocycles. The number of hydrogen-bond acceptors (Lipinski definition) is 2. The number of hydrogen-bond donors (Lipinski definition) is 2. The second-order valence-electron chi connectivity index (χ2n) is 6.72. The van der Waals surface area contributed by atoms with Gasteiger partial charge in [0.05, 0.1) is 0 Å². The minimum Gasteiger partial charge on any atom is -0.480 e. The number of aliphatic carboxylic acids is 1. The summed E-state index contributed by atoms with van der Waals surface area (Å²) in [5.74, 6) is 0.418. The topological polar surface area (TPSA) is 49.3 Å². The van der Waals surface area contributed by atoms with Gasteiger partial charge in [0.2, 0.25) is 0 Å². The highest BCUT2D eigenvalue weighted by atomic mass is 16.4. The average molecular weight is 323 g/mol. The fourth-order valence-corrected chi connectivity index (χ4v) is 3.70. The third-order valence-corrected chi connectivity index (χ3v) is 5.11. The number of carboxylic acids is 1. The third kappa shape index (κ3) is 4.24. The van der Waals surface area contributed by atoms with Crippen LogP contribution in [0.5, 0.6) is 0 Å². The Kier molecular flexibility index (Phi) is 5.65. The standard InChI is InChI=1S/C21H25NO2/c23-21(24)20(19-9-5-2-6-10-19)22-15-16-11-13-18(14-12-16)17-7-3-1-4-8-17/h1-10,16,18,20,22H,11-15H2,(H,23,24)/t16?,18?,20-/m1/s1. The van der Waals surface area contributed by atoms with Crippen molar-refractivity contribution in [1.29, 1.82) is 0 Å². The molecule has 0 heterocycles. The summed E-state index contributed by atoms with van der Waals surface area (Å²) in [5.41, 5.74) is 2.26. The van der Waals surface area contributed by atoms with Gasteiger partial charge < -0.3 is 10.4 Å². The number of carbonyl (C=O) groups is 1. The van der Waals surface area contributed by atoms with E-state index in [0.717, 1.165) is 24.9 Å². The van der Waals surface area contributed by atoms with Gasteiger partial charge in [0.25, 0.3) is 0 Å². The van der Waals surface area contributed by atoms with Crippen molar-refractivity contribution in [2.24, 2.45) is 5.92 Å². The molecule has 0 bridgehead atoms. The molecule has 1 saturated carbocycles. The van der Waals surface area contributed by atoms with Gasteiger partial charge >= 0.3 is 5.97 Å². The average Bonchev–Trinajstić information content (AvgIpc) is 2.64. The predicted molar refractivity (Wildman–Crippen MR) is 96.0 cm³/mol. The van der Waals surface area contributed by atoms with Crippen molar-refractivity contribution in [2.45, 2.75) is 37.6 Å². The Bertz CT molecular complexity index is 633. The van der Waals surface area contributed by atoms with E-state index in [9.17, 15) is 9.90 Å². The molecule has 2 aromatic carbocycles. The molecule has 126 valence electrons. The van der Waals surface area contributed by atoms with Crippen LogP contribution in [-0.2, 0) is 4.79 Å². The van der Waals surface area contributed by atoms with E-state index in [1.165, 1.54) is 18.4 Å². The zero-order valence-corrected chi connectivity index (χ0v) is 13.9. The van der Waals surface area contributed by atoms with Crippen LogP contribution in [0.3, 0.4) is 0 Å². The Balaban J connectivity index is 1.51. The molecule has 0 spiro atoms.